The Hall–Kier alpha value is -1.64. The fourth-order valence-corrected chi connectivity index (χ4v) is 4.42. The van der Waals surface area contributed by atoms with Crippen LogP contribution in [0.25, 0.3) is 0 Å². The van der Waals surface area contributed by atoms with Gasteiger partial charge in [-0.1, -0.05) is 48.5 Å². The molecular weight excluding hydrogens is 272 g/mol. The van der Waals surface area contributed by atoms with Crippen LogP contribution in [0, 0.1) is 0 Å². The van der Waals surface area contributed by atoms with Gasteiger partial charge >= 0.3 is 0 Å². The lowest BCUT2D eigenvalue weighted by Gasteiger charge is -2.41. The molecule has 2 N–H and O–H groups in total. The van der Waals surface area contributed by atoms with Gasteiger partial charge in [-0.25, -0.2) is 0 Å². The fraction of sp³-hybridized carbons (Fsp3) is 0.400. The quantitative estimate of drug-likeness (QED) is 0.848. The van der Waals surface area contributed by atoms with Gasteiger partial charge < -0.3 is 10.2 Å². The molecule has 2 aromatic carbocycles. The molecule has 0 saturated carbocycles. The highest BCUT2D eigenvalue weighted by Gasteiger charge is 2.40. The molecule has 0 fully saturated rings. The zero-order valence-electron chi connectivity index (χ0n) is 12.7. The summed E-state index contributed by atoms with van der Waals surface area (Å²) in [7, 11) is 0. The van der Waals surface area contributed by atoms with E-state index in [-0.39, 0.29) is 24.0 Å². The first-order valence-electron chi connectivity index (χ1n) is 8.27. The zero-order chi connectivity index (χ0) is 15.1. The summed E-state index contributed by atoms with van der Waals surface area (Å²) in [5.41, 5.74) is 5.10. The van der Waals surface area contributed by atoms with Gasteiger partial charge in [0.2, 0.25) is 0 Å². The second kappa shape index (κ2) is 5.53. The molecule has 2 nitrogen and oxygen atoms in total. The van der Waals surface area contributed by atoms with Crippen molar-refractivity contribution in [2.24, 2.45) is 0 Å². The average molecular weight is 294 g/mol. The minimum atomic E-state index is -0.374. The second-order valence-corrected chi connectivity index (χ2v) is 6.66. The highest BCUT2D eigenvalue weighted by molar-refractivity contribution is 5.42. The van der Waals surface area contributed by atoms with Gasteiger partial charge in [-0.15, -0.1) is 0 Å². The van der Waals surface area contributed by atoms with E-state index in [1.807, 2.05) is 12.1 Å². The summed E-state index contributed by atoms with van der Waals surface area (Å²) in [6.45, 7) is 0. The highest BCUT2D eigenvalue weighted by atomic mass is 16.3. The Bertz CT molecular complexity index is 619. The lowest BCUT2D eigenvalue weighted by molar-refractivity contribution is 0.0548. The van der Waals surface area contributed by atoms with Crippen LogP contribution in [0.4, 0.5) is 0 Å². The number of aliphatic hydroxyl groups is 2. The first-order valence-corrected chi connectivity index (χ1v) is 8.27. The molecule has 2 aromatic rings. The lowest BCUT2D eigenvalue weighted by atomic mass is 9.66. The first-order chi connectivity index (χ1) is 10.8. The lowest BCUT2D eigenvalue weighted by Crippen LogP contribution is -2.37. The summed E-state index contributed by atoms with van der Waals surface area (Å²) in [6.07, 6.45) is 2.68. The van der Waals surface area contributed by atoms with Crippen molar-refractivity contribution < 1.29 is 10.2 Å². The summed E-state index contributed by atoms with van der Waals surface area (Å²) in [5.74, 6) is 0.00259. The van der Waals surface area contributed by atoms with Crippen molar-refractivity contribution in [3.05, 3.63) is 70.8 Å². The van der Waals surface area contributed by atoms with Crippen molar-refractivity contribution in [1.82, 2.24) is 0 Å². The van der Waals surface area contributed by atoms with Crippen LogP contribution in [0.3, 0.4) is 0 Å². The Labute approximate surface area is 131 Å². The van der Waals surface area contributed by atoms with Gasteiger partial charge in [0.15, 0.2) is 0 Å². The van der Waals surface area contributed by atoms with Gasteiger partial charge in [-0.3, -0.25) is 0 Å². The largest absolute Gasteiger partial charge is 0.392 e. The molecule has 0 aromatic heterocycles. The summed E-state index contributed by atoms with van der Waals surface area (Å²) in [4.78, 5) is 0. The molecule has 4 unspecified atom stereocenters. The maximum atomic E-state index is 10.7. The van der Waals surface area contributed by atoms with E-state index in [0.29, 0.717) is 0 Å². The Morgan fingerprint density at radius 1 is 0.636 bits per heavy atom. The van der Waals surface area contributed by atoms with Crippen LogP contribution in [0.2, 0.25) is 0 Å². The van der Waals surface area contributed by atoms with Crippen LogP contribution in [0.5, 0.6) is 0 Å². The van der Waals surface area contributed by atoms with Gasteiger partial charge in [0.25, 0.3) is 0 Å². The molecule has 114 valence electrons. The van der Waals surface area contributed by atoms with Crippen LogP contribution in [0.1, 0.15) is 46.9 Å². The van der Waals surface area contributed by atoms with E-state index in [2.05, 4.69) is 36.4 Å². The fourth-order valence-electron chi connectivity index (χ4n) is 4.42. The van der Waals surface area contributed by atoms with E-state index in [9.17, 15) is 10.2 Å². The molecule has 22 heavy (non-hydrogen) atoms. The van der Waals surface area contributed by atoms with Crippen LogP contribution < -0.4 is 0 Å². The number of hydrogen-bond donors (Lipinski definition) is 2. The van der Waals surface area contributed by atoms with E-state index >= 15 is 0 Å². The van der Waals surface area contributed by atoms with Gasteiger partial charge in [0, 0.05) is 11.8 Å². The highest BCUT2D eigenvalue weighted by Crippen LogP contribution is 2.47. The number of hydrogen-bond acceptors (Lipinski definition) is 2. The molecule has 0 radical (unpaired) electrons. The Kier molecular flexibility index (Phi) is 3.51. The summed E-state index contributed by atoms with van der Waals surface area (Å²) in [6, 6.07) is 16.8. The molecule has 2 aliphatic carbocycles. The van der Waals surface area contributed by atoms with Crippen LogP contribution in [-0.4, -0.2) is 22.4 Å². The SMILES string of the molecule is OC1CCc2ccccc2C1C1c2ccccc2CCC1O. The molecule has 2 aliphatic rings. The molecule has 0 saturated heterocycles. The predicted molar refractivity (Wildman–Crippen MR) is 87.0 cm³/mol. The molecule has 0 amide bonds. The predicted octanol–water partition coefficient (Wildman–Crippen LogP) is 3.17. The molecule has 4 atom stereocenters. The van der Waals surface area contributed by atoms with Gasteiger partial charge in [-0.05, 0) is 47.9 Å². The van der Waals surface area contributed by atoms with Crippen LogP contribution in [0.15, 0.2) is 48.5 Å². The third kappa shape index (κ3) is 2.18. The normalized spacial score (nSPS) is 30.5. The topological polar surface area (TPSA) is 40.5 Å². The van der Waals surface area contributed by atoms with Crippen LogP contribution in [-0.2, 0) is 12.8 Å². The van der Waals surface area contributed by atoms with Gasteiger partial charge in [0.05, 0.1) is 12.2 Å². The van der Waals surface area contributed by atoms with Gasteiger partial charge in [-0.2, -0.15) is 0 Å². The zero-order valence-corrected chi connectivity index (χ0v) is 12.7. The molecular formula is C20H22O2. The third-order valence-electron chi connectivity index (χ3n) is 5.46. The minimum Gasteiger partial charge on any atom is -0.392 e. The van der Waals surface area contributed by atoms with Crippen molar-refractivity contribution >= 4 is 0 Å². The van der Waals surface area contributed by atoms with Crippen LogP contribution >= 0.6 is 0 Å². The summed E-state index contributed by atoms with van der Waals surface area (Å²) >= 11 is 0. The monoisotopic (exact) mass is 294 g/mol. The summed E-state index contributed by atoms with van der Waals surface area (Å²) in [5, 5.41) is 21.4. The average Bonchev–Trinajstić information content (AvgIpc) is 2.56. The number of rotatable bonds is 1. The van der Waals surface area contributed by atoms with Gasteiger partial charge in [0.1, 0.15) is 0 Å². The molecule has 4 rings (SSSR count). The molecule has 0 aliphatic heterocycles. The molecule has 2 heteroatoms. The maximum absolute atomic E-state index is 10.7. The standard InChI is InChI=1S/C20H22O2/c21-17-11-9-13-5-1-3-7-15(13)19(17)20-16-8-4-2-6-14(16)10-12-18(20)22/h1-8,17-22H,9-12H2. The first kappa shape index (κ1) is 14.0. The van der Waals surface area contributed by atoms with Crippen molar-refractivity contribution in [2.45, 2.75) is 49.7 Å². The Morgan fingerprint density at radius 3 is 1.50 bits per heavy atom. The minimum absolute atomic E-state index is 0.00130. The Morgan fingerprint density at radius 2 is 1.05 bits per heavy atom. The molecule has 0 bridgehead atoms. The number of aryl methyl sites for hydroxylation is 2. The number of benzene rings is 2. The van der Waals surface area contributed by atoms with E-state index in [4.69, 9.17) is 0 Å². The van der Waals surface area contributed by atoms with E-state index in [1.165, 1.54) is 22.3 Å². The van der Waals surface area contributed by atoms with Crippen molar-refractivity contribution in [3.63, 3.8) is 0 Å². The smallest absolute Gasteiger partial charge is 0.0618 e. The van der Waals surface area contributed by atoms with E-state index < -0.39 is 0 Å². The van der Waals surface area contributed by atoms with Crippen molar-refractivity contribution in [2.75, 3.05) is 0 Å². The molecule has 0 spiro atoms. The third-order valence-corrected chi connectivity index (χ3v) is 5.46. The summed E-state index contributed by atoms with van der Waals surface area (Å²) < 4.78 is 0. The van der Waals surface area contributed by atoms with Crippen molar-refractivity contribution in [3.8, 4) is 0 Å². The van der Waals surface area contributed by atoms with E-state index in [1.54, 1.807) is 0 Å². The maximum Gasteiger partial charge on any atom is 0.0618 e. The van der Waals surface area contributed by atoms with E-state index in [0.717, 1.165) is 25.7 Å². The second-order valence-electron chi connectivity index (χ2n) is 6.66. The molecule has 0 heterocycles. The number of aliphatic hydroxyl groups excluding tert-OH is 2. The van der Waals surface area contributed by atoms with Crippen molar-refractivity contribution in [1.29, 1.82) is 0 Å². The Balaban J connectivity index is 1.84. The number of fused-ring (bicyclic) bond motifs is 2.